The minimum absolute atomic E-state index is 0.0764. The predicted octanol–water partition coefficient (Wildman–Crippen LogP) is 2.46. The molecule has 0 atom stereocenters. The van der Waals surface area contributed by atoms with Crippen LogP contribution in [0.2, 0.25) is 0 Å². The Balaban J connectivity index is 0.000000184. The summed E-state index contributed by atoms with van der Waals surface area (Å²) >= 11 is 0. The smallest absolute Gasteiger partial charge is 0.293 e. The highest BCUT2D eigenvalue weighted by molar-refractivity contribution is 5.37. The van der Waals surface area contributed by atoms with Crippen LogP contribution in [0.25, 0.3) is 0 Å². The first-order valence-electron chi connectivity index (χ1n) is 5.30. The molecule has 94 valence electrons. The van der Waals surface area contributed by atoms with Crippen molar-refractivity contribution in [3.63, 3.8) is 0 Å². The van der Waals surface area contributed by atoms with Gasteiger partial charge in [-0.25, -0.2) is 0 Å². The number of hydrogen-bond donors (Lipinski definition) is 2. The van der Waals surface area contributed by atoms with Crippen molar-refractivity contribution in [2.45, 2.75) is 6.61 Å². The monoisotopic (exact) mass is 246 g/mol. The number of ether oxygens (including phenoxy) is 1. The number of phenolic OH excluding ortho intramolecular Hbond substituents is 2. The summed E-state index contributed by atoms with van der Waals surface area (Å²) < 4.78 is 4.54. The summed E-state index contributed by atoms with van der Waals surface area (Å²) in [6.07, 6.45) is 0. The van der Waals surface area contributed by atoms with Crippen LogP contribution in [0.1, 0.15) is 5.56 Å². The van der Waals surface area contributed by atoms with Gasteiger partial charge in [-0.1, -0.05) is 42.5 Å². The minimum Gasteiger partial charge on any atom is -0.504 e. The van der Waals surface area contributed by atoms with Gasteiger partial charge in [0.25, 0.3) is 6.47 Å². The highest BCUT2D eigenvalue weighted by Crippen LogP contribution is 2.21. The molecular weight excluding hydrogens is 232 g/mol. The molecular formula is C14H14O4. The third-order valence-corrected chi connectivity index (χ3v) is 2.04. The van der Waals surface area contributed by atoms with Crippen LogP contribution in [0.15, 0.2) is 54.6 Å². The number of para-hydroxylation sites is 2. The van der Waals surface area contributed by atoms with E-state index in [1.165, 1.54) is 12.1 Å². The van der Waals surface area contributed by atoms with E-state index >= 15 is 0 Å². The second kappa shape index (κ2) is 7.73. The lowest BCUT2D eigenvalue weighted by atomic mass is 10.2. The van der Waals surface area contributed by atoms with Crippen LogP contribution >= 0.6 is 0 Å². The summed E-state index contributed by atoms with van der Waals surface area (Å²) in [6, 6.07) is 15.7. The number of phenols is 2. The Labute approximate surface area is 105 Å². The standard InChI is InChI=1S/C8H8O2.C6H6O2/c9-7-10-6-8-4-2-1-3-5-8;7-5-3-1-2-4-6(5)8/h1-5,7H,6H2;1-4,7-8H. The molecule has 0 bridgehead atoms. The third-order valence-electron chi connectivity index (χ3n) is 2.04. The molecule has 4 nitrogen and oxygen atoms in total. The van der Waals surface area contributed by atoms with Crippen molar-refractivity contribution >= 4 is 6.47 Å². The molecule has 0 radical (unpaired) electrons. The highest BCUT2D eigenvalue weighted by Gasteiger charge is 1.90. The zero-order valence-corrected chi connectivity index (χ0v) is 9.69. The maximum Gasteiger partial charge on any atom is 0.293 e. The molecule has 0 saturated carbocycles. The molecule has 0 aliphatic rings. The van der Waals surface area contributed by atoms with Gasteiger partial charge in [0.05, 0.1) is 0 Å². The first-order valence-corrected chi connectivity index (χ1v) is 5.30. The van der Waals surface area contributed by atoms with Crippen molar-refractivity contribution < 1.29 is 19.7 Å². The molecule has 0 spiro atoms. The van der Waals surface area contributed by atoms with Crippen molar-refractivity contribution in [2.24, 2.45) is 0 Å². The van der Waals surface area contributed by atoms with Gasteiger partial charge in [-0.05, 0) is 17.7 Å². The molecule has 0 aliphatic carbocycles. The molecule has 2 aromatic carbocycles. The van der Waals surface area contributed by atoms with E-state index in [9.17, 15) is 4.79 Å². The number of carbonyl (C=O) groups excluding carboxylic acids is 1. The minimum atomic E-state index is -0.0764. The van der Waals surface area contributed by atoms with Crippen LogP contribution in [-0.4, -0.2) is 16.7 Å². The molecule has 0 fully saturated rings. The van der Waals surface area contributed by atoms with Gasteiger partial charge < -0.3 is 14.9 Å². The van der Waals surface area contributed by atoms with E-state index in [4.69, 9.17) is 10.2 Å². The van der Waals surface area contributed by atoms with E-state index < -0.39 is 0 Å². The van der Waals surface area contributed by atoms with Crippen LogP contribution in [0, 0.1) is 0 Å². The zero-order valence-electron chi connectivity index (χ0n) is 9.69. The Kier molecular flexibility index (Phi) is 5.83. The van der Waals surface area contributed by atoms with Gasteiger partial charge in [0, 0.05) is 0 Å². The topological polar surface area (TPSA) is 66.8 Å². The van der Waals surface area contributed by atoms with Crippen LogP contribution in [-0.2, 0) is 16.1 Å². The van der Waals surface area contributed by atoms with Gasteiger partial charge in [-0.2, -0.15) is 0 Å². The SMILES string of the molecule is O=COCc1ccccc1.Oc1ccccc1O. The summed E-state index contributed by atoms with van der Waals surface area (Å²) in [5.41, 5.74) is 1.01. The van der Waals surface area contributed by atoms with Crippen LogP contribution < -0.4 is 0 Å². The summed E-state index contributed by atoms with van der Waals surface area (Å²) in [5.74, 6) is -0.153. The maximum absolute atomic E-state index is 9.76. The van der Waals surface area contributed by atoms with Crippen LogP contribution in [0.4, 0.5) is 0 Å². The largest absolute Gasteiger partial charge is 0.504 e. The average molecular weight is 246 g/mol. The van der Waals surface area contributed by atoms with Crippen molar-refractivity contribution in [3.8, 4) is 11.5 Å². The summed E-state index contributed by atoms with van der Waals surface area (Å²) in [6.45, 7) is 0.817. The maximum atomic E-state index is 9.76. The Morgan fingerprint density at radius 2 is 1.39 bits per heavy atom. The van der Waals surface area contributed by atoms with Crippen LogP contribution in [0.3, 0.4) is 0 Å². The fourth-order valence-electron chi connectivity index (χ4n) is 1.17. The Morgan fingerprint density at radius 3 is 1.83 bits per heavy atom. The first-order chi connectivity index (χ1) is 8.74. The quantitative estimate of drug-likeness (QED) is 0.645. The van der Waals surface area contributed by atoms with Gasteiger partial charge in [-0.3, -0.25) is 4.79 Å². The number of rotatable bonds is 3. The highest BCUT2D eigenvalue weighted by atomic mass is 16.5. The normalized spacial score (nSPS) is 8.89. The summed E-state index contributed by atoms with van der Waals surface area (Å²) in [7, 11) is 0. The van der Waals surface area contributed by atoms with Gasteiger partial charge in [0.1, 0.15) is 6.61 Å². The fraction of sp³-hybridized carbons (Fsp3) is 0.0714. The number of aromatic hydroxyl groups is 2. The number of carbonyl (C=O) groups is 1. The number of benzene rings is 2. The van der Waals surface area contributed by atoms with Gasteiger partial charge >= 0.3 is 0 Å². The van der Waals surface area contributed by atoms with E-state index in [0.29, 0.717) is 13.1 Å². The van der Waals surface area contributed by atoms with Gasteiger partial charge in [0.2, 0.25) is 0 Å². The molecule has 0 unspecified atom stereocenters. The van der Waals surface area contributed by atoms with E-state index in [1.54, 1.807) is 12.1 Å². The van der Waals surface area contributed by atoms with Crippen molar-refractivity contribution in [3.05, 3.63) is 60.2 Å². The molecule has 2 rings (SSSR count). The Hall–Kier alpha value is -2.49. The van der Waals surface area contributed by atoms with Gasteiger partial charge in [0.15, 0.2) is 11.5 Å². The van der Waals surface area contributed by atoms with Crippen molar-refractivity contribution in [1.82, 2.24) is 0 Å². The second-order valence-electron chi connectivity index (χ2n) is 3.38. The molecule has 0 heterocycles. The van der Waals surface area contributed by atoms with Crippen molar-refractivity contribution in [2.75, 3.05) is 0 Å². The summed E-state index contributed by atoms with van der Waals surface area (Å²) in [5, 5.41) is 17.3. The van der Waals surface area contributed by atoms with Crippen LogP contribution in [0.5, 0.6) is 11.5 Å². The lowest BCUT2D eigenvalue weighted by Crippen LogP contribution is -1.88. The summed E-state index contributed by atoms with van der Waals surface area (Å²) in [4.78, 5) is 9.76. The van der Waals surface area contributed by atoms with E-state index in [0.717, 1.165) is 5.56 Å². The molecule has 4 heteroatoms. The van der Waals surface area contributed by atoms with E-state index in [2.05, 4.69) is 4.74 Å². The van der Waals surface area contributed by atoms with E-state index in [1.807, 2.05) is 30.3 Å². The Morgan fingerprint density at radius 1 is 0.889 bits per heavy atom. The molecule has 2 N–H and O–H groups in total. The molecule has 0 aliphatic heterocycles. The lowest BCUT2D eigenvalue weighted by molar-refractivity contribution is -0.129. The Bertz CT molecular complexity index is 447. The second-order valence-corrected chi connectivity index (χ2v) is 3.38. The first kappa shape index (κ1) is 13.6. The molecule has 18 heavy (non-hydrogen) atoms. The molecule has 2 aromatic rings. The lowest BCUT2D eigenvalue weighted by Gasteiger charge is -1.95. The zero-order chi connectivity index (χ0) is 13.2. The molecule has 0 aromatic heterocycles. The fourth-order valence-corrected chi connectivity index (χ4v) is 1.17. The molecule has 0 saturated heterocycles. The molecule has 0 amide bonds. The van der Waals surface area contributed by atoms with Crippen molar-refractivity contribution in [1.29, 1.82) is 0 Å². The third kappa shape index (κ3) is 5.03. The average Bonchev–Trinajstić information content (AvgIpc) is 2.42. The predicted molar refractivity (Wildman–Crippen MR) is 67.1 cm³/mol. The van der Waals surface area contributed by atoms with E-state index in [-0.39, 0.29) is 11.5 Å². The number of hydrogen-bond acceptors (Lipinski definition) is 4. The van der Waals surface area contributed by atoms with Gasteiger partial charge in [-0.15, -0.1) is 0 Å².